The Bertz CT molecular complexity index is 405. The van der Waals surface area contributed by atoms with Crippen molar-refractivity contribution >= 4 is 11.6 Å². The van der Waals surface area contributed by atoms with E-state index in [0.29, 0.717) is 0 Å². The molecule has 1 aromatic heterocycles. The van der Waals surface area contributed by atoms with Gasteiger partial charge in [-0.2, -0.15) is 0 Å². The summed E-state index contributed by atoms with van der Waals surface area (Å²) in [6, 6.07) is 2.10. The average molecular weight is 262 g/mol. The second kappa shape index (κ2) is 6.73. The maximum absolute atomic E-state index is 4.61. The Hall–Kier alpha value is -1.32. The molecule has 0 spiro atoms. The zero-order valence-corrected chi connectivity index (χ0v) is 12.4. The molecule has 0 saturated carbocycles. The smallest absolute Gasteiger partial charge is 0.134 e. The second-order valence-electron chi connectivity index (χ2n) is 5.61. The fourth-order valence-corrected chi connectivity index (χ4v) is 2.55. The monoisotopic (exact) mass is 262 g/mol. The Labute approximate surface area is 116 Å². The average Bonchev–Trinajstić information content (AvgIpc) is 2.60. The second-order valence-corrected chi connectivity index (χ2v) is 5.61. The van der Waals surface area contributed by atoms with E-state index < -0.39 is 0 Å². The van der Waals surface area contributed by atoms with E-state index in [4.69, 9.17) is 0 Å². The summed E-state index contributed by atoms with van der Waals surface area (Å²) >= 11 is 0. The van der Waals surface area contributed by atoms with Crippen molar-refractivity contribution in [2.24, 2.45) is 5.92 Å². The molecule has 1 saturated heterocycles. The molecule has 1 aromatic rings. The van der Waals surface area contributed by atoms with E-state index in [1.165, 1.54) is 19.3 Å². The number of nitrogens with zero attached hydrogens (tertiary/aromatic N) is 3. The van der Waals surface area contributed by atoms with E-state index >= 15 is 0 Å². The highest BCUT2D eigenvalue weighted by Crippen LogP contribution is 2.22. The number of aryl methyl sites for hydroxylation is 1. The van der Waals surface area contributed by atoms with Gasteiger partial charge in [-0.25, -0.2) is 9.97 Å². The van der Waals surface area contributed by atoms with Crippen LogP contribution in [0.4, 0.5) is 11.6 Å². The first-order valence-electron chi connectivity index (χ1n) is 7.53. The Kier molecular flexibility index (Phi) is 5.00. The lowest BCUT2D eigenvalue weighted by Gasteiger charge is -2.22. The lowest BCUT2D eigenvalue weighted by atomic mass is 10.0. The van der Waals surface area contributed by atoms with Crippen LogP contribution in [0.15, 0.2) is 6.07 Å². The molecule has 4 heteroatoms. The summed E-state index contributed by atoms with van der Waals surface area (Å²) < 4.78 is 0. The van der Waals surface area contributed by atoms with E-state index in [1.54, 1.807) is 0 Å². The lowest BCUT2D eigenvalue weighted by molar-refractivity contribution is 0.521. The van der Waals surface area contributed by atoms with Gasteiger partial charge in [0.05, 0.1) is 0 Å². The van der Waals surface area contributed by atoms with E-state index in [-0.39, 0.29) is 0 Å². The lowest BCUT2D eigenvalue weighted by Crippen LogP contribution is -2.25. The van der Waals surface area contributed by atoms with Crippen molar-refractivity contribution in [2.75, 3.05) is 29.9 Å². The number of anilines is 2. The molecule has 106 valence electrons. The Morgan fingerprint density at radius 2 is 2.16 bits per heavy atom. The molecule has 4 nitrogen and oxygen atoms in total. The molecule has 0 aromatic carbocycles. The van der Waals surface area contributed by atoms with Crippen LogP contribution in [0.2, 0.25) is 0 Å². The standard InChI is InChI=1S/C15H26N4/c1-4-8-16-14-11-15(18-13(3)17-14)19-9-5-6-12(2)7-10-19/h11-12H,4-10H2,1-3H3,(H,16,17,18). The van der Waals surface area contributed by atoms with Gasteiger partial charge in [-0.15, -0.1) is 0 Å². The minimum absolute atomic E-state index is 0.839. The summed E-state index contributed by atoms with van der Waals surface area (Å²) in [5.74, 6) is 3.74. The minimum Gasteiger partial charge on any atom is -0.370 e. The van der Waals surface area contributed by atoms with Crippen molar-refractivity contribution < 1.29 is 0 Å². The van der Waals surface area contributed by atoms with Gasteiger partial charge in [0.25, 0.3) is 0 Å². The van der Waals surface area contributed by atoms with Crippen LogP contribution in [0.5, 0.6) is 0 Å². The van der Waals surface area contributed by atoms with Crippen LogP contribution in [-0.4, -0.2) is 29.6 Å². The molecule has 1 aliphatic rings. The number of hydrogen-bond donors (Lipinski definition) is 1. The minimum atomic E-state index is 0.839. The van der Waals surface area contributed by atoms with E-state index in [2.05, 4.69) is 40.1 Å². The van der Waals surface area contributed by atoms with Gasteiger partial charge in [0.2, 0.25) is 0 Å². The molecule has 1 unspecified atom stereocenters. The topological polar surface area (TPSA) is 41.0 Å². The molecule has 1 atom stereocenters. The first-order valence-corrected chi connectivity index (χ1v) is 7.53. The van der Waals surface area contributed by atoms with Crippen LogP contribution in [0.25, 0.3) is 0 Å². The van der Waals surface area contributed by atoms with Crippen LogP contribution >= 0.6 is 0 Å². The van der Waals surface area contributed by atoms with Gasteiger partial charge in [-0.05, 0) is 38.5 Å². The maximum atomic E-state index is 4.61. The summed E-state index contributed by atoms with van der Waals surface area (Å²) in [5.41, 5.74) is 0. The zero-order chi connectivity index (χ0) is 13.7. The molecule has 0 aliphatic carbocycles. The van der Waals surface area contributed by atoms with Gasteiger partial charge in [-0.1, -0.05) is 13.8 Å². The van der Waals surface area contributed by atoms with Crippen LogP contribution < -0.4 is 10.2 Å². The highest BCUT2D eigenvalue weighted by atomic mass is 15.2. The van der Waals surface area contributed by atoms with Crippen molar-refractivity contribution in [2.45, 2.75) is 46.5 Å². The quantitative estimate of drug-likeness (QED) is 0.904. The normalized spacial score (nSPS) is 20.2. The molecule has 2 rings (SSSR count). The predicted octanol–water partition coefficient (Wildman–Crippen LogP) is 3.23. The third kappa shape index (κ3) is 4.08. The summed E-state index contributed by atoms with van der Waals surface area (Å²) in [7, 11) is 0. The van der Waals surface area contributed by atoms with E-state index in [1.807, 2.05) is 6.92 Å². The third-order valence-corrected chi connectivity index (χ3v) is 3.72. The van der Waals surface area contributed by atoms with Gasteiger partial charge in [0, 0.05) is 25.7 Å². The molecule has 0 bridgehead atoms. The van der Waals surface area contributed by atoms with Gasteiger partial charge >= 0.3 is 0 Å². The Morgan fingerprint density at radius 3 is 2.95 bits per heavy atom. The first kappa shape index (κ1) is 14.1. The van der Waals surface area contributed by atoms with Gasteiger partial charge in [-0.3, -0.25) is 0 Å². The van der Waals surface area contributed by atoms with Gasteiger partial charge in [0.15, 0.2) is 0 Å². The highest BCUT2D eigenvalue weighted by molar-refractivity contribution is 5.49. The van der Waals surface area contributed by atoms with Crippen LogP contribution in [-0.2, 0) is 0 Å². The van der Waals surface area contributed by atoms with Crippen molar-refractivity contribution in [3.8, 4) is 0 Å². The predicted molar refractivity (Wildman–Crippen MR) is 80.8 cm³/mol. The third-order valence-electron chi connectivity index (χ3n) is 3.72. The molecule has 0 radical (unpaired) electrons. The number of aromatic nitrogens is 2. The van der Waals surface area contributed by atoms with Gasteiger partial charge in [0.1, 0.15) is 17.5 Å². The SMILES string of the molecule is CCCNc1cc(N2CCCC(C)CC2)nc(C)n1. The van der Waals surface area contributed by atoms with Crippen molar-refractivity contribution in [3.63, 3.8) is 0 Å². The number of hydrogen-bond acceptors (Lipinski definition) is 4. The van der Waals surface area contributed by atoms with Crippen molar-refractivity contribution in [1.82, 2.24) is 9.97 Å². The molecule has 0 amide bonds. The molecule has 19 heavy (non-hydrogen) atoms. The largest absolute Gasteiger partial charge is 0.370 e. The summed E-state index contributed by atoms with van der Waals surface area (Å²) in [6.45, 7) is 9.69. The summed E-state index contributed by atoms with van der Waals surface area (Å²) in [6.07, 6.45) is 4.98. The molecular formula is C15H26N4. The van der Waals surface area contributed by atoms with Crippen molar-refractivity contribution in [1.29, 1.82) is 0 Å². The molecular weight excluding hydrogens is 236 g/mol. The number of nitrogens with one attached hydrogen (secondary N) is 1. The van der Waals surface area contributed by atoms with Crippen LogP contribution in [0, 0.1) is 12.8 Å². The van der Waals surface area contributed by atoms with Gasteiger partial charge < -0.3 is 10.2 Å². The number of rotatable bonds is 4. The van der Waals surface area contributed by atoms with Crippen LogP contribution in [0.3, 0.4) is 0 Å². The molecule has 1 N–H and O–H groups in total. The fourth-order valence-electron chi connectivity index (χ4n) is 2.55. The van der Waals surface area contributed by atoms with E-state index in [0.717, 1.165) is 49.4 Å². The van der Waals surface area contributed by atoms with Crippen molar-refractivity contribution in [3.05, 3.63) is 11.9 Å². The van der Waals surface area contributed by atoms with E-state index in [9.17, 15) is 0 Å². The zero-order valence-electron chi connectivity index (χ0n) is 12.4. The summed E-state index contributed by atoms with van der Waals surface area (Å²) in [5, 5.41) is 3.36. The Balaban J connectivity index is 2.11. The Morgan fingerprint density at radius 1 is 1.32 bits per heavy atom. The molecule has 1 fully saturated rings. The molecule has 1 aliphatic heterocycles. The first-order chi connectivity index (χ1) is 9.19. The summed E-state index contributed by atoms with van der Waals surface area (Å²) in [4.78, 5) is 11.5. The highest BCUT2D eigenvalue weighted by Gasteiger charge is 2.16. The maximum Gasteiger partial charge on any atom is 0.134 e. The fraction of sp³-hybridized carbons (Fsp3) is 0.733. The molecule has 2 heterocycles. The van der Waals surface area contributed by atoms with Crippen LogP contribution in [0.1, 0.15) is 45.4 Å².